The van der Waals surface area contributed by atoms with Gasteiger partial charge in [-0.05, 0) is 32.3 Å². The number of aromatic nitrogens is 1. The molecule has 5 nitrogen and oxygen atoms in total. The summed E-state index contributed by atoms with van der Waals surface area (Å²) in [6.45, 7) is 4.07. The predicted molar refractivity (Wildman–Crippen MR) is 69.8 cm³/mol. The molecule has 0 spiro atoms. The van der Waals surface area contributed by atoms with Crippen LogP contribution in [0.15, 0.2) is 0 Å². The Labute approximate surface area is 107 Å². The van der Waals surface area contributed by atoms with Crippen molar-refractivity contribution in [3.8, 4) is 6.07 Å². The van der Waals surface area contributed by atoms with Crippen LogP contribution in [0.3, 0.4) is 0 Å². The second-order valence-corrected chi connectivity index (χ2v) is 7.22. The molecule has 0 bridgehead atoms. The van der Waals surface area contributed by atoms with Gasteiger partial charge in [0.2, 0.25) is 0 Å². The molecule has 6 heteroatoms. The van der Waals surface area contributed by atoms with E-state index in [4.69, 9.17) is 11.0 Å². The molecule has 1 unspecified atom stereocenters. The van der Waals surface area contributed by atoms with E-state index in [1.165, 1.54) is 0 Å². The van der Waals surface area contributed by atoms with E-state index in [1.807, 2.05) is 13.8 Å². The summed E-state index contributed by atoms with van der Waals surface area (Å²) in [5.41, 5.74) is 8.11. The van der Waals surface area contributed by atoms with Crippen LogP contribution in [0.1, 0.15) is 29.7 Å². The summed E-state index contributed by atoms with van der Waals surface area (Å²) in [5.74, 6) is 0.650. The van der Waals surface area contributed by atoms with Gasteiger partial charge in [0.1, 0.15) is 11.9 Å². The van der Waals surface area contributed by atoms with Gasteiger partial charge in [0.15, 0.2) is 9.84 Å². The van der Waals surface area contributed by atoms with E-state index in [-0.39, 0.29) is 11.0 Å². The number of nitrogens with zero attached hydrogens (tertiary/aromatic N) is 2. The number of nitrogen functional groups attached to an aromatic ring is 1. The molecule has 98 valence electrons. The maximum absolute atomic E-state index is 11.8. The first-order chi connectivity index (χ1) is 8.38. The molecular weight excluding hydrogens is 250 g/mol. The number of anilines is 1. The van der Waals surface area contributed by atoms with Crippen LogP contribution < -0.4 is 5.73 Å². The molecule has 1 fully saturated rings. The molecule has 2 N–H and O–H groups in total. The molecule has 0 aliphatic carbocycles. The van der Waals surface area contributed by atoms with Crippen LogP contribution in [0.4, 0.5) is 5.82 Å². The van der Waals surface area contributed by atoms with Crippen LogP contribution in [0, 0.1) is 25.2 Å². The molecular formula is C12H17N3O2S. The van der Waals surface area contributed by atoms with Crippen molar-refractivity contribution in [3.63, 3.8) is 0 Å². The van der Waals surface area contributed by atoms with Crippen LogP contribution in [-0.2, 0) is 16.4 Å². The van der Waals surface area contributed by atoms with Gasteiger partial charge < -0.3 is 10.3 Å². The first-order valence-corrected chi connectivity index (χ1v) is 7.67. The quantitative estimate of drug-likeness (QED) is 0.870. The van der Waals surface area contributed by atoms with E-state index in [2.05, 4.69) is 6.07 Å². The zero-order chi connectivity index (χ0) is 13.5. The van der Waals surface area contributed by atoms with Crippen LogP contribution in [-0.4, -0.2) is 24.0 Å². The smallest absolute Gasteiger partial charge is 0.154 e. The Hall–Kier alpha value is -1.48. The maximum atomic E-state index is 11.8. The zero-order valence-electron chi connectivity index (χ0n) is 10.6. The van der Waals surface area contributed by atoms with Gasteiger partial charge in [0.25, 0.3) is 0 Å². The van der Waals surface area contributed by atoms with Crippen molar-refractivity contribution in [1.29, 1.82) is 5.26 Å². The van der Waals surface area contributed by atoms with E-state index < -0.39 is 9.84 Å². The highest BCUT2D eigenvalue weighted by molar-refractivity contribution is 7.92. The minimum Gasteiger partial charge on any atom is -0.384 e. The van der Waals surface area contributed by atoms with Crippen molar-refractivity contribution >= 4 is 15.7 Å². The van der Waals surface area contributed by atoms with Crippen LogP contribution >= 0.6 is 0 Å². The molecule has 18 heavy (non-hydrogen) atoms. The normalized spacial score (nSPS) is 21.9. The Kier molecular flexibility index (Phi) is 3.11. The van der Waals surface area contributed by atoms with Gasteiger partial charge in [0, 0.05) is 12.2 Å². The SMILES string of the molecule is Cc1c(C#N)c(N)n(CC2CCCS2(=O)=O)c1C. The monoisotopic (exact) mass is 267 g/mol. The number of hydrogen-bond donors (Lipinski definition) is 1. The summed E-state index contributed by atoms with van der Waals surface area (Å²) in [7, 11) is -2.99. The number of rotatable bonds is 2. The van der Waals surface area contributed by atoms with E-state index in [0.29, 0.717) is 24.3 Å². The van der Waals surface area contributed by atoms with Crippen molar-refractivity contribution in [1.82, 2.24) is 4.57 Å². The topological polar surface area (TPSA) is 88.9 Å². The first-order valence-electron chi connectivity index (χ1n) is 5.95. The number of nitrogens with two attached hydrogens (primary N) is 1. The standard InChI is InChI=1S/C12H17N3O2S/c1-8-9(2)15(12(14)11(8)6-13)7-10-4-3-5-18(10,16)17/h10H,3-5,7,14H2,1-2H3. The molecule has 1 aromatic heterocycles. The minimum absolute atomic E-state index is 0.266. The molecule has 1 aliphatic rings. The molecule has 0 radical (unpaired) electrons. The van der Waals surface area contributed by atoms with Gasteiger partial charge in [-0.15, -0.1) is 0 Å². The van der Waals surface area contributed by atoms with Crippen molar-refractivity contribution in [2.24, 2.45) is 0 Å². The second kappa shape index (κ2) is 4.32. The van der Waals surface area contributed by atoms with Gasteiger partial charge >= 0.3 is 0 Å². The fourth-order valence-electron chi connectivity index (χ4n) is 2.53. The number of sulfone groups is 1. The number of hydrogen-bond acceptors (Lipinski definition) is 4. The van der Waals surface area contributed by atoms with Crippen LogP contribution in [0.5, 0.6) is 0 Å². The van der Waals surface area contributed by atoms with E-state index in [0.717, 1.165) is 17.7 Å². The lowest BCUT2D eigenvalue weighted by Crippen LogP contribution is -2.23. The van der Waals surface area contributed by atoms with Crippen molar-refractivity contribution in [2.75, 3.05) is 11.5 Å². The Morgan fingerprint density at radius 1 is 1.50 bits per heavy atom. The highest BCUT2D eigenvalue weighted by atomic mass is 32.2. The lowest BCUT2D eigenvalue weighted by atomic mass is 10.2. The maximum Gasteiger partial charge on any atom is 0.154 e. The molecule has 2 rings (SSSR count). The van der Waals surface area contributed by atoms with Gasteiger partial charge in [-0.1, -0.05) is 0 Å². The average Bonchev–Trinajstić information content (AvgIpc) is 2.73. The van der Waals surface area contributed by atoms with Gasteiger partial charge in [-0.25, -0.2) is 8.42 Å². The molecule has 0 amide bonds. The third-order valence-electron chi connectivity index (χ3n) is 3.83. The third kappa shape index (κ3) is 1.89. The summed E-state index contributed by atoms with van der Waals surface area (Å²) in [5, 5.41) is 8.67. The molecule has 0 aromatic carbocycles. The Morgan fingerprint density at radius 2 is 2.17 bits per heavy atom. The fourth-order valence-corrected chi connectivity index (χ4v) is 4.34. The Bertz CT molecular complexity index is 623. The Balaban J connectivity index is 2.40. The van der Waals surface area contributed by atoms with Gasteiger partial charge in [-0.2, -0.15) is 5.26 Å². The summed E-state index contributed by atoms with van der Waals surface area (Å²) in [4.78, 5) is 0. The lowest BCUT2D eigenvalue weighted by molar-refractivity contribution is 0.565. The minimum atomic E-state index is -2.99. The van der Waals surface area contributed by atoms with E-state index >= 15 is 0 Å². The molecule has 2 heterocycles. The van der Waals surface area contributed by atoms with E-state index in [1.54, 1.807) is 4.57 Å². The van der Waals surface area contributed by atoms with Crippen molar-refractivity contribution < 1.29 is 8.42 Å². The summed E-state index contributed by atoms with van der Waals surface area (Å²) in [6, 6.07) is 2.08. The van der Waals surface area contributed by atoms with Crippen LogP contribution in [0.25, 0.3) is 0 Å². The highest BCUT2D eigenvalue weighted by Crippen LogP contribution is 2.28. The fraction of sp³-hybridized carbons (Fsp3) is 0.583. The molecule has 1 atom stereocenters. The summed E-state index contributed by atoms with van der Waals surface area (Å²) < 4.78 is 25.4. The third-order valence-corrected chi connectivity index (χ3v) is 6.09. The van der Waals surface area contributed by atoms with Crippen molar-refractivity contribution in [2.45, 2.75) is 38.5 Å². The molecule has 1 saturated heterocycles. The van der Waals surface area contributed by atoms with E-state index in [9.17, 15) is 8.42 Å². The van der Waals surface area contributed by atoms with Crippen LogP contribution in [0.2, 0.25) is 0 Å². The molecule has 1 aromatic rings. The molecule has 1 aliphatic heterocycles. The lowest BCUT2D eigenvalue weighted by Gasteiger charge is -2.14. The summed E-state index contributed by atoms with van der Waals surface area (Å²) in [6.07, 6.45) is 1.40. The van der Waals surface area contributed by atoms with Gasteiger partial charge in [0.05, 0.1) is 16.6 Å². The first kappa shape index (κ1) is 13.0. The highest BCUT2D eigenvalue weighted by Gasteiger charge is 2.32. The Morgan fingerprint density at radius 3 is 2.61 bits per heavy atom. The summed E-state index contributed by atoms with van der Waals surface area (Å²) >= 11 is 0. The van der Waals surface area contributed by atoms with Crippen molar-refractivity contribution in [3.05, 3.63) is 16.8 Å². The second-order valence-electron chi connectivity index (χ2n) is 4.82. The average molecular weight is 267 g/mol. The van der Waals surface area contributed by atoms with Gasteiger partial charge in [-0.3, -0.25) is 0 Å². The number of nitriles is 1. The zero-order valence-corrected chi connectivity index (χ0v) is 11.4. The molecule has 0 saturated carbocycles. The largest absolute Gasteiger partial charge is 0.384 e. The predicted octanol–water partition coefficient (Wildman–Crippen LogP) is 1.14.